The van der Waals surface area contributed by atoms with Crippen molar-refractivity contribution in [2.24, 2.45) is 11.3 Å². The number of piperidine rings is 1. The highest BCUT2D eigenvalue weighted by atomic mass is 16.4. The maximum Gasteiger partial charge on any atom is 0.306 e. The van der Waals surface area contributed by atoms with Crippen LogP contribution in [-0.4, -0.2) is 36.6 Å². The molecule has 1 rings (SSSR count). The lowest BCUT2D eigenvalue weighted by Crippen LogP contribution is -2.47. The molecule has 0 aromatic carbocycles. The Bertz CT molecular complexity index is 299. The predicted molar refractivity (Wildman–Crippen MR) is 69.3 cm³/mol. The zero-order chi connectivity index (χ0) is 13.6. The third-order valence-corrected chi connectivity index (χ3v) is 4.00. The second-order valence-corrected chi connectivity index (χ2v) is 5.17. The molecule has 0 radical (unpaired) electrons. The minimum absolute atomic E-state index is 0.0871. The summed E-state index contributed by atoms with van der Waals surface area (Å²) in [5.74, 6) is -1.13. The molecule has 5 heteroatoms. The van der Waals surface area contributed by atoms with Crippen LogP contribution in [0.3, 0.4) is 0 Å². The van der Waals surface area contributed by atoms with E-state index in [4.69, 9.17) is 5.11 Å². The molecular weight excluding hydrogens is 232 g/mol. The summed E-state index contributed by atoms with van der Waals surface area (Å²) in [6.45, 7) is 5.92. The number of nitrogens with one attached hydrogen (secondary N) is 2. The largest absolute Gasteiger partial charge is 0.481 e. The van der Waals surface area contributed by atoms with Gasteiger partial charge in [0, 0.05) is 6.54 Å². The van der Waals surface area contributed by atoms with Crippen LogP contribution in [0.4, 0.5) is 0 Å². The summed E-state index contributed by atoms with van der Waals surface area (Å²) in [6.07, 6.45) is 3.06. The zero-order valence-electron chi connectivity index (χ0n) is 11.3. The molecule has 1 heterocycles. The molecule has 1 amide bonds. The van der Waals surface area contributed by atoms with Crippen LogP contribution in [0.25, 0.3) is 0 Å². The van der Waals surface area contributed by atoms with Crippen LogP contribution in [0.5, 0.6) is 0 Å². The number of rotatable bonds is 6. The van der Waals surface area contributed by atoms with Crippen molar-refractivity contribution in [2.75, 3.05) is 19.6 Å². The Labute approximate surface area is 108 Å². The molecule has 104 valence electrons. The molecule has 5 nitrogen and oxygen atoms in total. The lowest BCUT2D eigenvalue weighted by atomic mass is 9.76. The number of carboxylic acids is 1. The second-order valence-electron chi connectivity index (χ2n) is 5.17. The molecule has 0 bridgehead atoms. The summed E-state index contributed by atoms with van der Waals surface area (Å²) < 4.78 is 0. The average Bonchev–Trinajstić information content (AvgIpc) is 2.39. The van der Waals surface area contributed by atoms with Gasteiger partial charge in [0.1, 0.15) is 0 Å². The van der Waals surface area contributed by atoms with E-state index in [0.717, 1.165) is 32.4 Å². The first kappa shape index (κ1) is 15.0. The van der Waals surface area contributed by atoms with Crippen molar-refractivity contribution in [3.63, 3.8) is 0 Å². The molecule has 1 atom stereocenters. The molecule has 1 saturated heterocycles. The van der Waals surface area contributed by atoms with Crippen LogP contribution >= 0.6 is 0 Å². The van der Waals surface area contributed by atoms with E-state index in [-0.39, 0.29) is 11.3 Å². The van der Waals surface area contributed by atoms with Gasteiger partial charge < -0.3 is 15.7 Å². The Morgan fingerprint density at radius 3 is 2.50 bits per heavy atom. The van der Waals surface area contributed by atoms with Gasteiger partial charge in [-0.3, -0.25) is 9.59 Å². The Hall–Kier alpha value is -1.10. The molecule has 0 spiro atoms. The number of hydrogen-bond acceptors (Lipinski definition) is 3. The van der Waals surface area contributed by atoms with Crippen LogP contribution in [-0.2, 0) is 9.59 Å². The standard InChI is InChI=1S/C13H24N2O3/c1-3-13(5-8-14-9-6-13)12(18)15-7-4-10(2)11(16)17/h10,14H,3-9H2,1-2H3,(H,15,18)(H,16,17). The molecule has 0 aromatic rings. The van der Waals surface area contributed by atoms with E-state index in [2.05, 4.69) is 10.6 Å². The Morgan fingerprint density at radius 2 is 2.00 bits per heavy atom. The maximum atomic E-state index is 12.2. The normalized spacial score (nSPS) is 20.1. The number of carbonyl (C=O) groups excluding carboxylic acids is 1. The molecule has 1 aliphatic rings. The van der Waals surface area contributed by atoms with Gasteiger partial charge in [0.05, 0.1) is 11.3 Å². The zero-order valence-corrected chi connectivity index (χ0v) is 11.3. The molecule has 1 aliphatic heterocycles. The van der Waals surface area contributed by atoms with Crippen molar-refractivity contribution in [1.29, 1.82) is 0 Å². The van der Waals surface area contributed by atoms with Crippen LogP contribution < -0.4 is 10.6 Å². The van der Waals surface area contributed by atoms with Gasteiger partial charge in [0.25, 0.3) is 0 Å². The number of aliphatic carboxylic acids is 1. The fourth-order valence-electron chi connectivity index (χ4n) is 2.36. The number of hydrogen-bond donors (Lipinski definition) is 3. The highest BCUT2D eigenvalue weighted by Crippen LogP contribution is 2.32. The van der Waals surface area contributed by atoms with Crippen molar-refractivity contribution in [2.45, 2.75) is 39.5 Å². The monoisotopic (exact) mass is 256 g/mol. The van der Waals surface area contributed by atoms with Crippen molar-refractivity contribution >= 4 is 11.9 Å². The minimum Gasteiger partial charge on any atom is -0.481 e. The first-order valence-corrected chi connectivity index (χ1v) is 6.73. The lowest BCUT2D eigenvalue weighted by Gasteiger charge is -2.35. The van der Waals surface area contributed by atoms with Crippen LogP contribution in [0.15, 0.2) is 0 Å². The first-order valence-electron chi connectivity index (χ1n) is 6.73. The Balaban J connectivity index is 2.41. The summed E-state index contributed by atoms with van der Waals surface area (Å²) in [4.78, 5) is 22.9. The third kappa shape index (κ3) is 3.70. The van der Waals surface area contributed by atoms with E-state index in [1.165, 1.54) is 0 Å². The molecular formula is C13H24N2O3. The first-order chi connectivity index (χ1) is 8.52. The molecule has 3 N–H and O–H groups in total. The number of carboxylic acid groups (broad SMARTS) is 1. The predicted octanol–water partition coefficient (Wildman–Crippen LogP) is 0.993. The minimum atomic E-state index is -0.809. The molecule has 18 heavy (non-hydrogen) atoms. The lowest BCUT2D eigenvalue weighted by molar-refractivity contribution is -0.141. The van der Waals surface area contributed by atoms with E-state index < -0.39 is 11.9 Å². The number of amides is 1. The maximum absolute atomic E-state index is 12.2. The van der Waals surface area contributed by atoms with Crippen LogP contribution in [0.2, 0.25) is 0 Å². The second kappa shape index (κ2) is 6.73. The summed E-state index contributed by atoms with van der Waals surface area (Å²) in [5.41, 5.74) is -0.252. The molecule has 1 fully saturated rings. The van der Waals surface area contributed by atoms with Gasteiger partial charge in [0.2, 0.25) is 5.91 Å². The highest BCUT2D eigenvalue weighted by molar-refractivity contribution is 5.82. The van der Waals surface area contributed by atoms with E-state index in [1.54, 1.807) is 6.92 Å². The third-order valence-electron chi connectivity index (χ3n) is 4.00. The summed E-state index contributed by atoms with van der Waals surface area (Å²) >= 11 is 0. The average molecular weight is 256 g/mol. The smallest absolute Gasteiger partial charge is 0.306 e. The van der Waals surface area contributed by atoms with Crippen molar-refractivity contribution in [3.8, 4) is 0 Å². The Morgan fingerprint density at radius 1 is 1.39 bits per heavy atom. The van der Waals surface area contributed by atoms with Gasteiger partial charge >= 0.3 is 5.97 Å². The van der Waals surface area contributed by atoms with E-state index in [1.807, 2.05) is 6.92 Å². The van der Waals surface area contributed by atoms with Gasteiger partial charge in [-0.25, -0.2) is 0 Å². The van der Waals surface area contributed by atoms with Crippen molar-refractivity contribution < 1.29 is 14.7 Å². The van der Waals surface area contributed by atoms with E-state index in [0.29, 0.717) is 13.0 Å². The highest BCUT2D eigenvalue weighted by Gasteiger charge is 2.37. The fraction of sp³-hybridized carbons (Fsp3) is 0.846. The molecule has 1 unspecified atom stereocenters. The van der Waals surface area contributed by atoms with Crippen molar-refractivity contribution in [3.05, 3.63) is 0 Å². The summed E-state index contributed by atoms with van der Waals surface area (Å²) in [6, 6.07) is 0. The van der Waals surface area contributed by atoms with Gasteiger partial charge in [-0.05, 0) is 38.8 Å². The van der Waals surface area contributed by atoms with Gasteiger partial charge in [-0.15, -0.1) is 0 Å². The molecule has 0 aliphatic carbocycles. The molecule has 0 saturated carbocycles. The quantitative estimate of drug-likeness (QED) is 0.662. The summed E-state index contributed by atoms with van der Waals surface area (Å²) in [5, 5.41) is 14.9. The molecule has 0 aromatic heterocycles. The SMILES string of the molecule is CCC1(C(=O)NCCC(C)C(=O)O)CCNCC1. The summed E-state index contributed by atoms with van der Waals surface area (Å²) in [7, 11) is 0. The topological polar surface area (TPSA) is 78.4 Å². The van der Waals surface area contributed by atoms with Crippen LogP contribution in [0, 0.1) is 11.3 Å². The number of carbonyl (C=O) groups is 2. The Kier molecular flexibility index (Phi) is 5.59. The van der Waals surface area contributed by atoms with Gasteiger partial charge in [-0.2, -0.15) is 0 Å². The fourth-order valence-corrected chi connectivity index (χ4v) is 2.36. The van der Waals surface area contributed by atoms with Crippen molar-refractivity contribution in [1.82, 2.24) is 10.6 Å². The van der Waals surface area contributed by atoms with Crippen LogP contribution in [0.1, 0.15) is 39.5 Å². The van der Waals surface area contributed by atoms with E-state index >= 15 is 0 Å². The van der Waals surface area contributed by atoms with Gasteiger partial charge in [-0.1, -0.05) is 13.8 Å². The van der Waals surface area contributed by atoms with Gasteiger partial charge in [0.15, 0.2) is 0 Å². The van der Waals surface area contributed by atoms with E-state index in [9.17, 15) is 9.59 Å².